The minimum atomic E-state index is -1.04. The second-order valence-electron chi connectivity index (χ2n) is 9.15. The number of nitrogens with zero attached hydrogens (tertiary/aromatic N) is 1. The lowest BCUT2D eigenvalue weighted by molar-refractivity contribution is -0.135. The Kier molecular flexibility index (Phi) is 7.14. The van der Waals surface area contributed by atoms with E-state index >= 15 is 0 Å². The molecule has 0 radical (unpaired) electrons. The number of hydrogen-bond donors (Lipinski definition) is 3. The lowest BCUT2D eigenvalue weighted by atomic mass is 9.91. The molecule has 2 heterocycles. The number of rotatable bonds is 7. The summed E-state index contributed by atoms with van der Waals surface area (Å²) in [6.45, 7) is 5.83. The molecule has 3 amide bonds. The molecule has 0 aromatic heterocycles. The summed E-state index contributed by atoms with van der Waals surface area (Å²) in [6, 6.07) is 11.0. The van der Waals surface area contributed by atoms with Crippen molar-refractivity contribution in [2.45, 2.75) is 45.6 Å². The number of halogens is 1. The minimum Gasteiger partial charge on any atom is -0.371 e. The van der Waals surface area contributed by atoms with Crippen molar-refractivity contribution in [1.29, 1.82) is 0 Å². The third kappa shape index (κ3) is 5.21. The van der Waals surface area contributed by atoms with E-state index in [1.54, 1.807) is 0 Å². The molecule has 1 fully saturated rings. The van der Waals surface area contributed by atoms with Crippen molar-refractivity contribution >= 4 is 34.8 Å². The SMILES string of the molecule is CCC(C)C(NC(=O)C1Cc2cc(F)ccc2NC1=O)C(=O)Nc1cccc(N2CCCC2)c1. The van der Waals surface area contributed by atoms with E-state index in [0.717, 1.165) is 31.6 Å². The zero-order valence-corrected chi connectivity index (χ0v) is 19.6. The van der Waals surface area contributed by atoms with E-state index in [1.807, 2.05) is 38.1 Å². The van der Waals surface area contributed by atoms with E-state index in [1.165, 1.54) is 18.2 Å². The van der Waals surface area contributed by atoms with Gasteiger partial charge in [0, 0.05) is 30.2 Å². The topological polar surface area (TPSA) is 90.5 Å². The van der Waals surface area contributed by atoms with Gasteiger partial charge in [-0.15, -0.1) is 0 Å². The normalized spacial score (nSPS) is 19.1. The Morgan fingerprint density at radius 2 is 1.94 bits per heavy atom. The van der Waals surface area contributed by atoms with Crippen LogP contribution in [0.3, 0.4) is 0 Å². The van der Waals surface area contributed by atoms with Gasteiger partial charge in [-0.25, -0.2) is 4.39 Å². The zero-order valence-electron chi connectivity index (χ0n) is 19.6. The molecular weight excluding hydrogens is 435 g/mol. The molecule has 4 rings (SSSR count). The first-order chi connectivity index (χ1) is 16.4. The number of benzene rings is 2. The number of carbonyl (C=O) groups is 3. The van der Waals surface area contributed by atoms with Crippen LogP contribution < -0.4 is 20.9 Å². The summed E-state index contributed by atoms with van der Waals surface area (Å²) in [6.07, 6.45) is 3.06. The van der Waals surface area contributed by atoms with Gasteiger partial charge in [0.25, 0.3) is 0 Å². The Morgan fingerprint density at radius 3 is 2.68 bits per heavy atom. The lowest BCUT2D eigenvalue weighted by Gasteiger charge is -2.28. The van der Waals surface area contributed by atoms with Crippen molar-refractivity contribution in [2.75, 3.05) is 28.6 Å². The Hall–Kier alpha value is -3.42. The standard InChI is InChI=1S/C26H31FN4O3/c1-3-16(2)23(26(34)28-19-7-6-8-20(15-19)31-11-4-5-12-31)30-25(33)21-14-17-13-18(27)9-10-22(17)29-24(21)32/h6-10,13,15-16,21,23H,3-5,11-12,14H2,1-2H3,(H,28,34)(H,29,32)(H,30,33). The summed E-state index contributed by atoms with van der Waals surface area (Å²) < 4.78 is 13.7. The van der Waals surface area contributed by atoms with Crippen LogP contribution in [0.25, 0.3) is 0 Å². The van der Waals surface area contributed by atoms with Gasteiger partial charge in [-0.1, -0.05) is 26.3 Å². The van der Waals surface area contributed by atoms with Gasteiger partial charge < -0.3 is 20.9 Å². The summed E-state index contributed by atoms with van der Waals surface area (Å²) in [5.41, 5.74) is 2.79. The molecule has 2 aromatic rings. The van der Waals surface area contributed by atoms with Gasteiger partial charge in [-0.05, 0) is 67.1 Å². The molecule has 3 unspecified atom stereocenters. The quantitative estimate of drug-likeness (QED) is 0.543. The highest BCUT2D eigenvalue weighted by atomic mass is 19.1. The molecule has 180 valence electrons. The number of nitrogens with one attached hydrogen (secondary N) is 3. The maximum absolute atomic E-state index is 13.7. The molecular formula is C26H31FN4O3. The average Bonchev–Trinajstić information content (AvgIpc) is 3.37. The van der Waals surface area contributed by atoms with Crippen LogP contribution in [0.5, 0.6) is 0 Å². The predicted octanol–water partition coefficient (Wildman–Crippen LogP) is 3.71. The molecule has 0 saturated carbocycles. The van der Waals surface area contributed by atoms with Crippen LogP contribution in [0.2, 0.25) is 0 Å². The molecule has 3 atom stereocenters. The van der Waals surface area contributed by atoms with Gasteiger partial charge in [0.2, 0.25) is 17.7 Å². The van der Waals surface area contributed by atoms with Gasteiger partial charge in [-0.2, -0.15) is 0 Å². The number of hydrogen-bond acceptors (Lipinski definition) is 4. The molecule has 3 N–H and O–H groups in total. The lowest BCUT2D eigenvalue weighted by Crippen LogP contribution is -2.52. The van der Waals surface area contributed by atoms with E-state index < -0.39 is 29.6 Å². The highest BCUT2D eigenvalue weighted by Gasteiger charge is 2.35. The van der Waals surface area contributed by atoms with Crippen LogP contribution >= 0.6 is 0 Å². The first-order valence-electron chi connectivity index (χ1n) is 11.9. The molecule has 2 aromatic carbocycles. The summed E-state index contributed by atoms with van der Waals surface area (Å²) in [7, 11) is 0. The van der Waals surface area contributed by atoms with E-state index in [2.05, 4.69) is 20.9 Å². The van der Waals surface area contributed by atoms with Crippen LogP contribution in [0.15, 0.2) is 42.5 Å². The minimum absolute atomic E-state index is 0.0808. The van der Waals surface area contributed by atoms with Crippen molar-refractivity contribution in [3.63, 3.8) is 0 Å². The molecule has 0 spiro atoms. The van der Waals surface area contributed by atoms with Gasteiger partial charge in [0.15, 0.2) is 0 Å². The molecule has 34 heavy (non-hydrogen) atoms. The maximum Gasteiger partial charge on any atom is 0.247 e. The Balaban J connectivity index is 1.46. The van der Waals surface area contributed by atoms with E-state index in [4.69, 9.17) is 0 Å². The Bertz CT molecular complexity index is 1080. The van der Waals surface area contributed by atoms with Gasteiger partial charge in [-0.3, -0.25) is 14.4 Å². The fourth-order valence-electron chi connectivity index (χ4n) is 4.53. The van der Waals surface area contributed by atoms with Crippen LogP contribution in [0.1, 0.15) is 38.7 Å². The first kappa shape index (κ1) is 23.7. The van der Waals surface area contributed by atoms with Gasteiger partial charge in [0.05, 0.1) is 0 Å². The van der Waals surface area contributed by atoms with Crippen molar-refractivity contribution in [3.05, 3.63) is 53.8 Å². The van der Waals surface area contributed by atoms with Crippen LogP contribution in [0, 0.1) is 17.7 Å². The Morgan fingerprint density at radius 1 is 1.18 bits per heavy atom. The first-order valence-corrected chi connectivity index (χ1v) is 11.9. The van der Waals surface area contributed by atoms with Crippen LogP contribution in [0.4, 0.5) is 21.5 Å². The second-order valence-corrected chi connectivity index (χ2v) is 9.15. The average molecular weight is 467 g/mol. The van der Waals surface area contributed by atoms with Crippen LogP contribution in [-0.2, 0) is 20.8 Å². The highest BCUT2D eigenvalue weighted by molar-refractivity contribution is 6.09. The van der Waals surface area contributed by atoms with E-state index in [9.17, 15) is 18.8 Å². The maximum atomic E-state index is 13.7. The zero-order chi connectivity index (χ0) is 24.2. The monoisotopic (exact) mass is 466 g/mol. The van der Waals surface area contributed by atoms with Crippen molar-refractivity contribution in [3.8, 4) is 0 Å². The molecule has 2 aliphatic heterocycles. The summed E-state index contributed by atoms with van der Waals surface area (Å²) in [5, 5.41) is 8.39. The van der Waals surface area contributed by atoms with E-state index in [0.29, 0.717) is 23.4 Å². The van der Waals surface area contributed by atoms with Crippen molar-refractivity contribution in [1.82, 2.24) is 5.32 Å². The summed E-state index contributed by atoms with van der Waals surface area (Å²) >= 11 is 0. The van der Waals surface area contributed by atoms with Crippen LogP contribution in [-0.4, -0.2) is 36.9 Å². The second kappa shape index (κ2) is 10.2. The third-order valence-electron chi connectivity index (χ3n) is 6.76. The third-order valence-corrected chi connectivity index (χ3v) is 6.76. The van der Waals surface area contributed by atoms with Crippen molar-refractivity contribution < 1.29 is 18.8 Å². The van der Waals surface area contributed by atoms with Gasteiger partial charge >= 0.3 is 0 Å². The summed E-state index contributed by atoms with van der Waals surface area (Å²) in [5.74, 6) is -2.95. The number of fused-ring (bicyclic) bond motifs is 1. The molecule has 1 saturated heterocycles. The number of carbonyl (C=O) groups excluding carboxylic acids is 3. The fraction of sp³-hybridized carbons (Fsp3) is 0.423. The molecule has 7 nitrogen and oxygen atoms in total. The summed E-state index contributed by atoms with van der Waals surface area (Å²) in [4.78, 5) is 41.1. The molecule has 8 heteroatoms. The predicted molar refractivity (Wildman–Crippen MR) is 130 cm³/mol. The Labute approximate surface area is 199 Å². The highest BCUT2D eigenvalue weighted by Crippen LogP contribution is 2.27. The molecule has 0 aliphatic carbocycles. The van der Waals surface area contributed by atoms with E-state index in [-0.39, 0.29) is 18.2 Å². The smallest absolute Gasteiger partial charge is 0.247 e. The number of amides is 3. The van der Waals surface area contributed by atoms with Gasteiger partial charge in [0.1, 0.15) is 17.8 Å². The largest absolute Gasteiger partial charge is 0.371 e. The molecule has 2 aliphatic rings. The molecule has 0 bridgehead atoms. The number of anilines is 3. The van der Waals surface area contributed by atoms with Crippen molar-refractivity contribution in [2.24, 2.45) is 11.8 Å². The fourth-order valence-corrected chi connectivity index (χ4v) is 4.53.